The number of aryl methyl sites for hydroxylation is 1. The van der Waals surface area contributed by atoms with E-state index in [1.807, 2.05) is 11.7 Å². The number of hydrogen-bond acceptors (Lipinski definition) is 4. The number of aromatic nitrogens is 2. The maximum atomic E-state index is 8.91. The van der Waals surface area contributed by atoms with E-state index in [0.29, 0.717) is 12.6 Å². The van der Waals surface area contributed by atoms with Gasteiger partial charge in [0.05, 0.1) is 5.69 Å². The third kappa shape index (κ3) is 4.58. The zero-order valence-corrected chi connectivity index (χ0v) is 13.5. The molecule has 0 aromatic carbocycles. The van der Waals surface area contributed by atoms with Crippen LogP contribution >= 0.6 is 0 Å². The lowest BCUT2D eigenvalue weighted by molar-refractivity contribution is 0.273. The Kier molecular flexibility index (Phi) is 6.17. The predicted octanol–water partition coefficient (Wildman–Crippen LogP) is 1.47. The minimum atomic E-state index is 0.0000297. The zero-order valence-electron chi connectivity index (χ0n) is 13.5. The van der Waals surface area contributed by atoms with Gasteiger partial charge in [-0.15, -0.1) is 0 Å². The van der Waals surface area contributed by atoms with E-state index in [1.165, 1.54) is 5.56 Å². The fourth-order valence-electron chi connectivity index (χ4n) is 2.45. The van der Waals surface area contributed by atoms with Gasteiger partial charge >= 0.3 is 0 Å². The van der Waals surface area contributed by atoms with Gasteiger partial charge in [-0.1, -0.05) is 20.8 Å². The average Bonchev–Trinajstić information content (AvgIpc) is 2.75. The Labute approximate surface area is 122 Å². The maximum Gasteiger partial charge on any atom is 0.0726 e. The molecule has 2 atom stereocenters. The molecule has 20 heavy (non-hydrogen) atoms. The number of nitrogens with one attached hydrogen (secondary N) is 1. The quantitative estimate of drug-likeness (QED) is 0.708. The van der Waals surface area contributed by atoms with Gasteiger partial charge in [-0.25, -0.2) is 0 Å². The molecule has 0 aliphatic rings. The Morgan fingerprint density at radius 2 is 2.10 bits per heavy atom. The van der Waals surface area contributed by atoms with Gasteiger partial charge in [0.2, 0.25) is 0 Å². The first kappa shape index (κ1) is 17.1. The van der Waals surface area contributed by atoms with Crippen LogP contribution in [0.4, 0.5) is 0 Å². The highest BCUT2D eigenvalue weighted by Crippen LogP contribution is 2.28. The summed E-state index contributed by atoms with van der Waals surface area (Å²) in [6, 6.07) is 0.426. The molecular weight excluding hydrogens is 252 g/mol. The molecule has 0 aliphatic carbocycles. The highest BCUT2D eigenvalue weighted by atomic mass is 16.2. The molecule has 0 saturated heterocycles. The maximum absolute atomic E-state index is 8.91. The van der Waals surface area contributed by atoms with Crippen LogP contribution in [0.5, 0.6) is 0 Å². The SMILES string of the molecule is CC(CCCO)NC(CN)c1cn(C)nc1C(C)(C)C. The van der Waals surface area contributed by atoms with Crippen LogP contribution in [0.15, 0.2) is 6.20 Å². The molecule has 0 amide bonds. The molecule has 0 bridgehead atoms. The molecule has 1 heterocycles. The van der Waals surface area contributed by atoms with Gasteiger partial charge in [0.1, 0.15) is 0 Å². The van der Waals surface area contributed by atoms with E-state index in [0.717, 1.165) is 18.5 Å². The van der Waals surface area contributed by atoms with Gasteiger partial charge in [-0.2, -0.15) is 5.10 Å². The highest BCUT2D eigenvalue weighted by molar-refractivity contribution is 5.27. The van der Waals surface area contributed by atoms with Crippen LogP contribution in [0.1, 0.15) is 57.8 Å². The van der Waals surface area contributed by atoms with Gasteiger partial charge in [0.25, 0.3) is 0 Å². The number of nitrogens with zero attached hydrogens (tertiary/aromatic N) is 2. The fraction of sp³-hybridized carbons (Fsp3) is 0.800. The molecule has 0 saturated carbocycles. The molecule has 2 unspecified atom stereocenters. The van der Waals surface area contributed by atoms with Crippen molar-refractivity contribution in [3.8, 4) is 0 Å². The Bertz CT molecular complexity index is 408. The zero-order chi connectivity index (χ0) is 15.3. The molecule has 1 aromatic heterocycles. The van der Waals surface area contributed by atoms with Gasteiger partial charge in [0.15, 0.2) is 0 Å². The van der Waals surface area contributed by atoms with E-state index < -0.39 is 0 Å². The lowest BCUT2D eigenvalue weighted by atomic mass is 9.87. The number of aliphatic hydroxyl groups is 1. The number of nitrogens with two attached hydrogens (primary N) is 1. The van der Waals surface area contributed by atoms with E-state index in [-0.39, 0.29) is 18.1 Å². The molecule has 5 heteroatoms. The minimum absolute atomic E-state index is 0.0000297. The monoisotopic (exact) mass is 282 g/mol. The van der Waals surface area contributed by atoms with Crippen LogP contribution in [0, 0.1) is 0 Å². The van der Waals surface area contributed by atoms with Crippen molar-refractivity contribution in [1.29, 1.82) is 0 Å². The average molecular weight is 282 g/mol. The van der Waals surface area contributed by atoms with Crippen molar-refractivity contribution in [2.75, 3.05) is 13.2 Å². The molecule has 0 fully saturated rings. The second-order valence-electron chi connectivity index (χ2n) is 6.58. The van der Waals surface area contributed by atoms with Crippen molar-refractivity contribution < 1.29 is 5.11 Å². The topological polar surface area (TPSA) is 76.1 Å². The summed E-state index contributed by atoms with van der Waals surface area (Å²) >= 11 is 0. The Morgan fingerprint density at radius 3 is 2.60 bits per heavy atom. The summed E-state index contributed by atoms with van der Waals surface area (Å²) in [4.78, 5) is 0. The second kappa shape index (κ2) is 7.20. The standard InChI is InChI=1S/C15H30N4O/c1-11(7-6-8-20)17-13(9-16)12-10-19(5)18-14(12)15(2,3)4/h10-11,13,17,20H,6-9,16H2,1-5H3. The van der Waals surface area contributed by atoms with Crippen LogP contribution in [-0.2, 0) is 12.5 Å². The molecule has 0 aliphatic heterocycles. The van der Waals surface area contributed by atoms with Gasteiger partial charge < -0.3 is 16.2 Å². The summed E-state index contributed by atoms with van der Waals surface area (Å²) < 4.78 is 1.86. The van der Waals surface area contributed by atoms with Gasteiger partial charge in [0, 0.05) is 49.5 Å². The lowest BCUT2D eigenvalue weighted by Gasteiger charge is -2.25. The van der Waals surface area contributed by atoms with Crippen molar-refractivity contribution in [3.63, 3.8) is 0 Å². The summed E-state index contributed by atoms with van der Waals surface area (Å²) in [5.41, 5.74) is 8.23. The van der Waals surface area contributed by atoms with E-state index in [2.05, 4.69) is 44.3 Å². The van der Waals surface area contributed by atoms with Crippen molar-refractivity contribution in [2.24, 2.45) is 12.8 Å². The van der Waals surface area contributed by atoms with Crippen LogP contribution in [-0.4, -0.2) is 34.1 Å². The first-order valence-corrected chi connectivity index (χ1v) is 7.40. The summed E-state index contributed by atoms with van der Waals surface area (Å²) in [6.45, 7) is 9.41. The third-order valence-electron chi connectivity index (χ3n) is 3.46. The predicted molar refractivity (Wildman–Crippen MR) is 82.6 cm³/mol. The van der Waals surface area contributed by atoms with Crippen LogP contribution in [0.3, 0.4) is 0 Å². The first-order valence-electron chi connectivity index (χ1n) is 7.40. The number of aliphatic hydroxyl groups excluding tert-OH is 1. The van der Waals surface area contributed by atoms with Crippen molar-refractivity contribution in [3.05, 3.63) is 17.5 Å². The Hall–Kier alpha value is -0.910. The van der Waals surface area contributed by atoms with Crippen molar-refractivity contribution >= 4 is 0 Å². The van der Waals surface area contributed by atoms with E-state index in [9.17, 15) is 0 Å². The van der Waals surface area contributed by atoms with Crippen molar-refractivity contribution in [1.82, 2.24) is 15.1 Å². The number of rotatable bonds is 7. The highest BCUT2D eigenvalue weighted by Gasteiger charge is 2.26. The second-order valence-corrected chi connectivity index (χ2v) is 6.58. The smallest absolute Gasteiger partial charge is 0.0726 e. The van der Waals surface area contributed by atoms with E-state index >= 15 is 0 Å². The molecule has 4 N–H and O–H groups in total. The minimum Gasteiger partial charge on any atom is -0.396 e. The molecular formula is C15H30N4O. The molecule has 0 radical (unpaired) electrons. The summed E-state index contributed by atoms with van der Waals surface area (Å²) in [6.07, 6.45) is 3.81. The molecule has 1 rings (SSSR count). The Morgan fingerprint density at radius 1 is 1.45 bits per heavy atom. The number of hydrogen-bond donors (Lipinski definition) is 3. The first-order chi connectivity index (χ1) is 9.29. The van der Waals surface area contributed by atoms with Gasteiger partial charge in [-0.05, 0) is 19.8 Å². The van der Waals surface area contributed by atoms with Crippen LogP contribution < -0.4 is 11.1 Å². The van der Waals surface area contributed by atoms with E-state index in [1.54, 1.807) is 0 Å². The molecule has 5 nitrogen and oxygen atoms in total. The normalized spacial score (nSPS) is 15.3. The molecule has 1 aromatic rings. The fourth-order valence-corrected chi connectivity index (χ4v) is 2.45. The van der Waals surface area contributed by atoms with Crippen LogP contribution in [0.25, 0.3) is 0 Å². The molecule has 116 valence electrons. The summed E-state index contributed by atoms with van der Waals surface area (Å²) in [5, 5.41) is 17.1. The largest absolute Gasteiger partial charge is 0.396 e. The molecule has 0 spiro atoms. The van der Waals surface area contributed by atoms with Crippen molar-refractivity contribution in [2.45, 2.75) is 58.0 Å². The van der Waals surface area contributed by atoms with Crippen LogP contribution in [0.2, 0.25) is 0 Å². The summed E-state index contributed by atoms with van der Waals surface area (Å²) in [7, 11) is 1.95. The Balaban J connectivity index is 2.90. The summed E-state index contributed by atoms with van der Waals surface area (Å²) in [5.74, 6) is 0. The van der Waals surface area contributed by atoms with Gasteiger partial charge in [-0.3, -0.25) is 4.68 Å². The lowest BCUT2D eigenvalue weighted by Crippen LogP contribution is -2.36. The van der Waals surface area contributed by atoms with E-state index in [4.69, 9.17) is 10.8 Å². The third-order valence-corrected chi connectivity index (χ3v) is 3.46.